The average molecular weight is 422 g/mol. The van der Waals surface area contributed by atoms with Gasteiger partial charge in [-0.2, -0.15) is 13.2 Å². The number of amides is 1. The van der Waals surface area contributed by atoms with Crippen LogP contribution in [0.4, 0.5) is 33.9 Å². The van der Waals surface area contributed by atoms with Gasteiger partial charge in [-0.25, -0.2) is 14.2 Å². The summed E-state index contributed by atoms with van der Waals surface area (Å²) in [6, 6.07) is 1.64. The first kappa shape index (κ1) is 19.8. The van der Waals surface area contributed by atoms with Crippen molar-refractivity contribution < 1.29 is 27.1 Å². The van der Waals surface area contributed by atoms with Gasteiger partial charge in [0.1, 0.15) is 5.82 Å². The SMILES string of the molecule is Nc1nccn(Cc2cc3c(cc2F)[C@](C#CC2CC2)(C(F)(F)F)OC(=O)N3)c1=O. The molecular formula is C19H14F4N4O3. The van der Waals surface area contributed by atoms with Gasteiger partial charge in [0, 0.05) is 29.4 Å². The van der Waals surface area contributed by atoms with Crippen molar-refractivity contribution in [3.63, 3.8) is 0 Å². The number of cyclic esters (lactones) is 1. The minimum Gasteiger partial charge on any atom is -0.415 e. The van der Waals surface area contributed by atoms with Gasteiger partial charge in [-0.15, -0.1) is 0 Å². The van der Waals surface area contributed by atoms with Gasteiger partial charge in [-0.1, -0.05) is 5.92 Å². The molecule has 30 heavy (non-hydrogen) atoms. The van der Waals surface area contributed by atoms with Crippen molar-refractivity contribution in [2.75, 3.05) is 11.1 Å². The molecule has 0 radical (unpaired) electrons. The molecule has 0 spiro atoms. The van der Waals surface area contributed by atoms with E-state index in [-0.39, 0.29) is 29.5 Å². The highest BCUT2D eigenvalue weighted by Gasteiger charge is 2.62. The lowest BCUT2D eigenvalue weighted by molar-refractivity contribution is -0.239. The van der Waals surface area contributed by atoms with E-state index in [2.05, 4.69) is 21.0 Å². The Hall–Kier alpha value is -3.55. The molecule has 1 aromatic carbocycles. The maximum Gasteiger partial charge on any atom is 0.445 e. The van der Waals surface area contributed by atoms with Crippen LogP contribution in [0.1, 0.15) is 24.0 Å². The van der Waals surface area contributed by atoms with E-state index in [1.165, 1.54) is 12.4 Å². The smallest absolute Gasteiger partial charge is 0.415 e. The Morgan fingerprint density at radius 1 is 1.33 bits per heavy atom. The highest BCUT2D eigenvalue weighted by atomic mass is 19.4. The van der Waals surface area contributed by atoms with E-state index in [1.807, 2.05) is 5.92 Å². The lowest BCUT2D eigenvalue weighted by Gasteiger charge is -2.36. The number of carbonyl (C=O) groups excluding carboxylic acids is 1. The zero-order valence-electron chi connectivity index (χ0n) is 15.2. The summed E-state index contributed by atoms with van der Waals surface area (Å²) >= 11 is 0. The fraction of sp³-hybridized carbons (Fsp3) is 0.316. The molecule has 156 valence electrons. The number of aromatic nitrogens is 2. The van der Waals surface area contributed by atoms with E-state index >= 15 is 0 Å². The first-order valence-corrected chi connectivity index (χ1v) is 8.84. The number of rotatable bonds is 2. The van der Waals surface area contributed by atoms with Crippen molar-refractivity contribution in [1.82, 2.24) is 9.55 Å². The minimum absolute atomic E-state index is 0.144. The standard InChI is InChI=1S/C19H14F4N4O3/c20-13-8-12-14(7-11(13)9-27-6-5-25-15(24)16(27)28)26-17(29)30-18(12,19(21,22)23)4-3-10-1-2-10/h5-8,10H,1-2,9H2,(H2,24,25)(H,26,29)/t18-/m1/s1. The van der Waals surface area contributed by atoms with Gasteiger partial charge >= 0.3 is 12.3 Å². The van der Waals surface area contributed by atoms with E-state index in [4.69, 9.17) is 5.73 Å². The third-order valence-corrected chi connectivity index (χ3v) is 4.76. The van der Waals surface area contributed by atoms with Gasteiger partial charge in [0.25, 0.3) is 11.2 Å². The van der Waals surface area contributed by atoms with Gasteiger partial charge in [0.05, 0.1) is 12.2 Å². The molecular weight excluding hydrogens is 408 g/mol. The topological polar surface area (TPSA) is 99.2 Å². The molecule has 11 heteroatoms. The number of carbonyl (C=O) groups is 1. The number of nitrogens with one attached hydrogen (secondary N) is 1. The van der Waals surface area contributed by atoms with E-state index in [0.29, 0.717) is 18.9 Å². The zero-order chi connectivity index (χ0) is 21.7. The molecule has 1 aromatic heterocycles. The van der Waals surface area contributed by atoms with Crippen molar-refractivity contribution in [1.29, 1.82) is 0 Å². The predicted molar refractivity (Wildman–Crippen MR) is 96.7 cm³/mol. The number of hydrogen-bond acceptors (Lipinski definition) is 5. The molecule has 1 aliphatic heterocycles. The largest absolute Gasteiger partial charge is 0.445 e. The molecule has 0 saturated heterocycles. The highest BCUT2D eigenvalue weighted by molar-refractivity contribution is 5.90. The van der Waals surface area contributed by atoms with Crippen molar-refractivity contribution in [3.8, 4) is 11.8 Å². The average Bonchev–Trinajstić information content (AvgIpc) is 3.48. The summed E-state index contributed by atoms with van der Waals surface area (Å²) in [5.41, 5.74) is 0.345. The number of benzene rings is 1. The molecule has 0 unspecified atom stereocenters. The number of nitrogens with zero attached hydrogens (tertiary/aromatic N) is 2. The molecule has 2 aliphatic rings. The monoisotopic (exact) mass is 422 g/mol. The van der Waals surface area contributed by atoms with Crippen molar-refractivity contribution in [2.24, 2.45) is 5.92 Å². The Morgan fingerprint density at radius 3 is 2.73 bits per heavy atom. The number of ether oxygens (including phenoxy) is 1. The molecule has 1 saturated carbocycles. The van der Waals surface area contributed by atoms with E-state index in [1.54, 1.807) is 0 Å². The van der Waals surface area contributed by atoms with Gasteiger partial charge in [0.2, 0.25) is 0 Å². The molecule has 2 aromatic rings. The van der Waals surface area contributed by atoms with Crippen LogP contribution in [0.3, 0.4) is 0 Å². The van der Waals surface area contributed by atoms with Gasteiger partial charge in [-0.3, -0.25) is 10.1 Å². The lowest BCUT2D eigenvalue weighted by Crippen LogP contribution is -2.49. The molecule has 1 aliphatic carbocycles. The fourth-order valence-corrected chi connectivity index (χ4v) is 3.04. The molecule has 1 fully saturated rings. The highest BCUT2D eigenvalue weighted by Crippen LogP contribution is 2.48. The summed E-state index contributed by atoms with van der Waals surface area (Å²) in [6.45, 7) is -0.339. The van der Waals surface area contributed by atoms with E-state index in [0.717, 1.165) is 10.6 Å². The first-order chi connectivity index (χ1) is 14.1. The second-order valence-corrected chi connectivity index (χ2v) is 6.97. The first-order valence-electron chi connectivity index (χ1n) is 8.84. The number of nitrogen functional groups attached to an aromatic ring is 1. The predicted octanol–water partition coefficient (Wildman–Crippen LogP) is 2.75. The Kier molecular flexibility index (Phi) is 4.45. The van der Waals surface area contributed by atoms with Crippen molar-refractivity contribution in [2.45, 2.75) is 31.2 Å². The van der Waals surface area contributed by atoms with Crippen LogP contribution >= 0.6 is 0 Å². The van der Waals surface area contributed by atoms with Crippen molar-refractivity contribution in [3.05, 3.63) is 51.8 Å². The number of anilines is 2. The molecule has 3 N–H and O–H groups in total. The maximum atomic E-state index is 14.8. The van der Waals surface area contributed by atoms with Crippen LogP contribution < -0.4 is 16.6 Å². The third kappa shape index (κ3) is 3.34. The van der Waals surface area contributed by atoms with Crippen LogP contribution in [-0.4, -0.2) is 21.8 Å². The van der Waals surface area contributed by atoms with Gasteiger partial charge < -0.3 is 15.0 Å². The minimum atomic E-state index is -5.11. The quantitative estimate of drug-likeness (QED) is 0.573. The fourth-order valence-electron chi connectivity index (χ4n) is 3.04. The molecule has 1 amide bonds. The molecule has 7 nitrogen and oxygen atoms in total. The number of hydrogen-bond donors (Lipinski definition) is 2. The second kappa shape index (κ2) is 6.76. The Morgan fingerprint density at radius 2 is 2.07 bits per heavy atom. The lowest BCUT2D eigenvalue weighted by atomic mass is 9.89. The summed E-state index contributed by atoms with van der Waals surface area (Å²) < 4.78 is 62.4. The number of fused-ring (bicyclic) bond motifs is 1. The number of halogens is 4. The Labute approximate surface area is 166 Å². The van der Waals surface area contributed by atoms with Crippen molar-refractivity contribution >= 4 is 17.6 Å². The second-order valence-electron chi connectivity index (χ2n) is 6.97. The molecule has 4 rings (SSSR count). The van der Waals surface area contributed by atoms with Gasteiger partial charge in [-0.05, 0) is 30.9 Å². The Balaban J connectivity index is 1.84. The van der Waals surface area contributed by atoms with Crippen LogP contribution in [0.2, 0.25) is 0 Å². The number of alkyl halides is 3. The molecule has 0 bridgehead atoms. The third-order valence-electron chi connectivity index (χ3n) is 4.76. The van der Waals surface area contributed by atoms with Crippen LogP contribution in [-0.2, 0) is 16.9 Å². The van der Waals surface area contributed by atoms with Crippen LogP contribution in [0.25, 0.3) is 0 Å². The Bertz CT molecular complexity index is 1160. The zero-order valence-corrected chi connectivity index (χ0v) is 15.2. The maximum absolute atomic E-state index is 14.8. The summed E-state index contributed by atoms with van der Waals surface area (Å²) in [4.78, 5) is 27.5. The van der Waals surface area contributed by atoms with E-state index < -0.39 is 34.8 Å². The van der Waals surface area contributed by atoms with E-state index in [9.17, 15) is 27.2 Å². The summed E-state index contributed by atoms with van der Waals surface area (Å²) in [6.07, 6.45) is -2.70. The summed E-state index contributed by atoms with van der Waals surface area (Å²) in [5, 5.41) is 2.15. The molecule has 1 atom stereocenters. The van der Waals surface area contributed by atoms with Gasteiger partial charge in [0.15, 0.2) is 5.82 Å². The van der Waals surface area contributed by atoms with Crippen LogP contribution in [0, 0.1) is 23.6 Å². The van der Waals surface area contributed by atoms with Crippen LogP contribution in [0.5, 0.6) is 0 Å². The normalized spacial score (nSPS) is 20.5. The molecule has 2 heterocycles. The summed E-state index contributed by atoms with van der Waals surface area (Å²) in [7, 11) is 0. The van der Waals surface area contributed by atoms with Crippen LogP contribution in [0.15, 0.2) is 29.3 Å². The summed E-state index contributed by atoms with van der Waals surface area (Å²) in [5.74, 6) is 2.93. The number of nitrogens with two attached hydrogens (primary N) is 1.